The number of amides is 1. The maximum Gasteiger partial charge on any atom is 0.331 e. The summed E-state index contributed by atoms with van der Waals surface area (Å²) in [5.41, 5.74) is 1.62. The Kier molecular flexibility index (Phi) is 7.43. The van der Waals surface area contributed by atoms with Crippen molar-refractivity contribution in [1.29, 1.82) is 0 Å². The molecule has 0 spiro atoms. The molecule has 0 unspecified atom stereocenters. The van der Waals surface area contributed by atoms with E-state index in [9.17, 15) is 9.59 Å². The van der Waals surface area contributed by atoms with Gasteiger partial charge in [0, 0.05) is 30.8 Å². The lowest BCUT2D eigenvalue weighted by Crippen LogP contribution is -2.30. The van der Waals surface area contributed by atoms with Crippen molar-refractivity contribution >= 4 is 18.0 Å². The van der Waals surface area contributed by atoms with Gasteiger partial charge >= 0.3 is 5.97 Å². The zero-order valence-corrected chi connectivity index (χ0v) is 15.7. The molecular weight excluding hydrogens is 346 g/mol. The summed E-state index contributed by atoms with van der Waals surface area (Å²) >= 11 is 0. The molecule has 0 saturated carbocycles. The first-order chi connectivity index (χ1) is 13.0. The Balaban J connectivity index is 1.87. The van der Waals surface area contributed by atoms with E-state index in [-0.39, 0.29) is 12.5 Å². The number of likely N-dealkylation sites (N-methyl/N-ethyl adjacent to an activating group) is 1. The fourth-order valence-electron chi connectivity index (χ4n) is 2.43. The van der Waals surface area contributed by atoms with Crippen molar-refractivity contribution < 1.29 is 23.8 Å². The fourth-order valence-corrected chi connectivity index (χ4v) is 2.43. The molecule has 1 amide bonds. The van der Waals surface area contributed by atoms with Crippen molar-refractivity contribution in [2.45, 2.75) is 6.54 Å². The molecule has 0 atom stereocenters. The second-order valence-electron chi connectivity index (χ2n) is 5.74. The molecule has 0 heterocycles. The van der Waals surface area contributed by atoms with E-state index in [0.717, 1.165) is 11.1 Å². The molecule has 0 aliphatic carbocycles. The molecule has 2 aromatic carbocycles. The van der Waals surface area contributed by atoms with E-state index in [1.54, 1.807) is 33.4 Å². The van der Waals surface area contributed by atoms with Gasteiger partial charge in [0.15, 0.2) is 6.61 Å². The van der Waals surface area contributed by atoms with Crippen LogP contribution in [0, 0.1) is 0 Å². The van der Waals surface area contributed by atoms with Crippen LogP contribution in [0.3, 0.4) is 0 Å². The van der Waals surface area contributed by atoms with E-state index in [0.29, 0.717) is 18.0 Å². The van der Waals surface area contributed by atoms with Crippen molar-refractivity contribution in [3.05, 3.63) is 65.7 Å². The van der Waals surface area contributed by atoms with Crippen LogP contribution >= 0.6 is 0 Å². The molecule has 0 aliphatic heterocycles. The first kappa shape index (κ1) is 20.0. The highest BCUT2D eigenvalue weighted by molar-refractivity contribution is 5.89. The van der Waals surface area contributed by atoms with Gasteiger partial charge in [0.05, 0.1) is 14.2 Å². The van der Waals surface area contributed by atoms with Gasteiger partial charge in [0.2, 0.25) is 0 Å². The molecule has 0 aliphatic rings. The topological polar surface area (TPSA) is 65.1 Å². The van der Waals surface area contributed by atoms with Gasteiger partial charge in [-0.15, -0.1) is 0 Å². The number of methoxy groups -OCH3 is 2. The maximum absolute atomic E-state index is 12.2. The number of hydrogen-bond acceptors (Lipinski definition) is 5. The average Bonchev–Trinajstić information content (AvgIpc) is 2.70. The number of carbonyl (C=O) groups is 2. The Morgan fingerprint density at radius 1 is 0.963 bits per heavy atom. The van der Waals surface area contributed by atoms with Crippen molar-refractivity contribution in [3.8, 4) is 11.5 Å². The third-order valence-corrected chi connectivity index (χ3v) is 3.90. The molecule has 0 radical (unpaired) electrons. The summed E-state index contributed by atoms with van der Waals surface area (Å²) in [4.78, 5) is 25.5. The summed E-state index contributed by atoms with van der Waals surface area (Å²) in [6, 6.07) is 14.7. The van der Waals surface area contributed by atoms with Gasteiger partial charge in [0.1, 0.15) is 11.5 Å². The van der Waals surface area contributed by atoms with Gasteiger partial charge in [-0.1, -0.05) is 36.4 Å². The fraction of sp³-hybridized carbons (Fsp3) is 0.238. The van der Waals surface area contributed by atoms with Crippen LogP contribution in [0.25, 0.3) is 6.08 Å². The van der Waals surface area contributed by atoms with E-state index in [2.05, 4.69) is 0 Å². The predicted molar refractivity (Wildman–Crippen MR) is 102 cm³/mol. The van der Waals surface area contributed by atoms with Gasteiger partial charge in [-0.25, -0.2) is 4.79 Å². The van der Waals surface area contributed by atoms with Crippen LogP contribution < -0.4 is 9.47 Å². The summed E-state index contributed by atoms with van der Waals surface area (Å²) in [7, 11) is 4.78. The second kappa shape index (κ2) is 10.0. The summed E-state index contributed by atoms with van der Waals surface area (Å²) in [6.07, 6.45) is 2.86. The van der Waals surface area contributed by atoms with Gasteiger partial charge in [-0.05, 0) is 18.2 Å². The lowest BCUT2D eigenvalue weighted by atomic mass is 10.2. The van der Waals surface area contributed by atoms with Gasteiger partial charge < -0.3 is 19.1 Å². The van der Waals surface area contributed by atoms with Gasteiger partial charge in [-0.2, -0.15) is 0 Å². The number of esters is 1. The Morgan fingerprint density at radius 3 is 2.30 bits per heavy atom. The van der Waals surface area contributed by atoms with Crippen LogP contribution in [0.5, 0.6) is 11.5 Å². The summed E-state index contributed by atoms with van der Waals surface area (Å²) in [5, 5.41) is 0. The number of carbonyl (C=O) groups excluding carboxylic acids is 2. The Hall–Kier alpha value is -3.28. The van der Waals surface area contributed by atoms with Crippen LogP contribution in [0.15, 0.2) is 54.6 Å². The first-order valence-corrected chi connectivity index (χ1v) is 8.39. The highest BCUT2D eigenvalue weighted by Crippen LogP contribution is 2.19. The number of nitrogens with zero attached hydrogens (tertiary/aromatic N) is 1. The van der Waals surface area contributed by atoms with Crippen molar-refractivity contribution in [1.82, 2.24) is 4.90 Å². The molecule has 6 nitrogen and oxygen atoms in total. The predicted octanol–water partition coefficient (Wildman–Crippen LogP) is 2.92. The standard InChI is InChI=1S/C21H23NO5/c1-22(14-17-9-5-7-11-19(17)26-3)20(23)15-27-21(24)13-12-16-8-4-6-10-18(16)25-2/h4-13H,14-15H2,1-3H3/b13-12+. The monoisotopic (exact) mass is 369 g/mol. The number of para-hydroxylation sites is 2. The summed E-state index contributed by atoms with van der Waals surface area (Å²) in [5.74, 6) is 0.447. The van der Waals surface area contributed by atoms with Crippen LogP contribution in [0.2, 0.25) is 0 Å². The molecule has 0 saturated heterocycles. The smallest absolute Gasteiger partial charge is 0.331 e. The van der Waals surface area contributed by atoms with Gasteiger partial charge in [-0.3, -0.25) is 4.79 Å². The minimum absolute atomic E-state index is 0.306. The third-order valence-electron chi connectivity index (χ3n) is 3.90. The highest BCUT2D eigenvalue weighted by Gasteiger charge is 2.13. The lowest BCUT2D eigenvalue weighted by Gasteiger charge is -2.18. The minimum atomic E-state index is -0.597. The molecule has 0 N–H and O–H groups in total. The quantitative estimate of drug-likeness (QED) is 0.529. The number of hydrogen-bond donors (Lipinski definition) is 0. The Labute approximate surface area is 159 Å². The second-order valence-corrected chi connectivity index (χ2v) is 5.74. The maximum atomic E-state index is 12.2. The molecule has 0 fully saturated rings. The largest absolute Gasteiger partial charge is 0.496 e. The molecule has 2 aromatic rings. The van der Waals surface area contributed by atoms with E-state index in [1.165, 1.54) is 11.0 Å². The van der Waals surface area contributed by atoms with E-state index in [1.807, 2.05) is 42.5 Å². The lowest BCUT2D eigenvalue weighted by molar-refractivity contribution is -0.147. The van der Waals surface area contributed by atoms with Crippen LogP contribution in [-0.2, 0) is 20.9 Å². The molecule has 6 heteroatoms. The van der Waals surface area contributed by atoms with Crippen molar-refractivity contribution in [2.24, 2.45) is 0 Å². The zero-order valence-electron chi connectivity index (χ0n) is 15.7. The SMILES string of the molecule is COc1ccccc1/C=C/C(=O)OCC(=O)N(C)Cc1ccccc1OC. The molecule has 2 rings (SSSR count). The molecule has 142 valence electrons. The highest BCUT2D eigenvalue weighted by atomic mass is 16.5. The van der Waals surface area contributed by atoms with E-state index >= 15 is 0 Å². The van der Waals surface area contributed by atoms with E-state index < -0.39 is 5.97 Å². The Morgan fingerprint density at radius 2 is 1.59 bits per heavy atom. The number of rotatable bonds is 8. The van der Waals surface area contributed by atoms with E-state index in [4.69, 9.17) is 14.2 Å². The normalized spacial score (nSPS) is 10.5. The van der Waals surface area contributed by atoms with Crippen LogP contribution in [0.1, 0.15) is 11.1 Å². The van der Waals surface area contributed by atoms with Crippen molar-refractivity contribution in [2.75, 3.05) is 27.9 Å². The minimum Gasteiger partial charge on any atom is -0.496 e. The Bertz CT molecular complexity index is 816. The van der Waals surface area contributed by atoms with Crippen LogP contribution in [0.4, 0.5) is 0 Å². The third kappa shape index (κ3) is 5.88. The van der Waals surface area contributed by atoms with Crippen molar-refractivity contribution in [3.63, 3.8) is 0 Å². The molecule has 27 heavy (non-hydrogen) atoms. The number of ether oxygens (including phenoxy) is 3. The number of benzene rings is 2. The van der Waals surface area contributed by atoms with Crippen LogP contribution in [-0.4, -0.2) is 44.7 Å². The molecule has 0 bridgehead atoms. The summed E-state index contributed by atoms with van der Waals surface area (Å²) in [6.45, 7) is 0.0260. The molecular formula is C21H23NO5. The zero-order chi connectivity index (χ0) is 19.6. The van der Waals surface area contributed by atoms with Gasteiger partial charge in [0.25, 0.3) is 5.91 Å². The molecule has 0 aromatic heterocycles. The average molecular weight is 369 g/mol. The first-order valence-electron chi connectivity index (χ1n) is 8.39. The summed E-state index contributed by atoms with van der Waals surface area (Å²) < 4.78 is 15.5.